The van der Waals surface area contributed by atoms with Gasteiger partial charge < -0.3 is 10.1 Å². The Labute approximate surface area is 174 Å². The molecule has 1 heterocycles. The van der Waals surface area contributed by atoms with Gasteiger partial charge in [0.2, 0.25) is 5.91 Å². The van der Waals surface area contributed by atoms with Crippen molar-refractivity contribution >= 4 is 34.1 Å². The van der Waals surface area contributed by atoms with Gasteiger partial charge in [0.15, 0.2) is 5.13 Å². The van der Waals surface area contributed by atoms with Crippen molar-refractivity contribution in [3.05, 3.63) is 59.0 Å². The highest BCUT2D eigenvalue weighted by atomic mass is 32.2. The van der Waals surface area contributed by atoms with Gasteiger partial charge in [-0.25, -0.2) is 4.98 Å². The van der Waals surface area contributed by atoms with Crippen LogP contribution >= 0.6 is 23.1 Å². The summed E-state index contributed by atoms with van der Waals surface area (Å²) in [5, 5.41) is 4.10. The number of aromatic nitrogens is 1. The molecule has 0 spiro atoms. The van der Waals surface area contributed by atoms with Gasteiger partial charge in [-0.05, 0) is 48.9 Å². The number of hydrogen-bond donors (Lipinski definition) is 1. The number of thioether (sulfide) groups is 1. The number of aryl methyl sites for hydroxylation is 1. The van der Waals surface area contributed by atoms with Crippen LogP contribution in [-0.2, 0) is 11.2 Å². The average Bonchev–Trinajstić information content (AvgIpc) is 3.03. The van der Waals surface area contributed by atoms with Crippen molar-refractivity contribution in [2.45, 2.75) is 37.3 Å². The second-order valence-electron chi connectivity index (χ2n) is 6.69. The third-order valence-corrected chi connectivity index (χ3v) is 5.97. The van der Waals surface area contributed by atoms with Crippen molar-refractivity contribution < 1.29 is 9.53 Å². The molecule has 0 aliphatic carbocycles. The molecule has 0 aliphatic heterocycles. The van der Waals surface area contributed by atoms with Gasteiger partial charge in [0.1, 0.15) is 5.75 Å². The molecule has 0 unspecified atom stereocenters. The smallest absolute Gasteiger partial charge is 0.230 e. The van der Waals surface area contributed by atoms with Gasteiger partial charge >= 0.3 is 0 Å². The average molecular weight is 413 g/mol. The van der Waals surface area contributed by atoms with Gasteiger partial charge in [0, 0.05) is 20.6 Å². The summed E-state index contributed by atoms with van der Waals surface area (Å²) >= 11 is 3.31. The summed E-state index contributed by atoms with van der Waals surface area (Å²) in [6.07, 6.45) is 0.336. The number of nitrogens with zero attached hydrogens (tertiary/aromatic N) is 1. The Hall–Kier alpha value is -2.31. The molecule has 1 amide bonds. The van der Waals surface area contributed by atoms with Gasteiger partial charge in [-0.15, -0.1) is 23.1 Å². The highest BCUT2D eigenvalue weighted by Crippen LogP contribution is 2.31. The van der Waals surface area contributed by atoms with Gasteiger partial charge in [-0.2, -0.15) is 0 Å². The molecule has 146 valence electrons. The van der Waals surface area contributed by atoms with Crippen LogP contribution in [0.5, 0.6) is 5.75 Å². The molecule has 0 radical (unpaired) electrons. The lowest BCUT2D eigenvalue weighted by atomic mass is 10.1. The van der Waals surface area contributed by atoms with E-state index < -0.39 is 0 Å². The second kappa shape index (κ2) is 9.26. The molecule has 0 saturated heterocycles. The van der Waals surface area contributed by atoms with E-state index in [1.54, 1.807) is 7.11 Å². The normalized spacial score (nSPS) is 10.9. The van der Waals surface area contributed by atoms with E-state index in [0.29, 0.717) is 16.8 Å². The molecule has 0 saturated carbocycles. The van der Waals surface area contributed by atoms with Crippen molar-refractivity contribution in [1.82, 2.24) is 4.98 Å². The van der Waals surface area contributed by atoms with E-state index in [1.807, 2.05) is 55.1 Å². The molecule has 1 N–H and O–H groups in total. The molecular formula is C22H24N2O2S2. The number of ether oxygens (including phenoxy) is 1. The largest absolute Gasteiger partial charge is 0.497 e. The lowest BCUT2D eigenvalue weighted by molar-refractivity contribution is -0.115. The fourth-order valence-electron chi connectivity index (χ4n) is 2.77. The van der Waals surface area contributed by atoms with Crippen molar-refractivity contribution in [3.63, 3.8) is 0 Å². The van der Waals surface area contributed by atoms with Crippen LogP contribution in [0.15, 0.2) is 53.4 Å². The highest BCUT2D eigenvalue weighted by molar-refractivity contribution is 7.99. The lowest BCUT2D eigenvalue weighted by Gasteiger charge is -2.06. The van der Waals surface area contributed by atoms with Crippen LogP contribution in [-0.4, -0.2) is 23.3 Å². The zero-order valence-electron chi connectivity index (χ0n) is 16.5. The number of anilines is 1. The number of amides is 1. The molecule has 1 aromatic heterocycles. The van der Waals surface area contributed by atoms with E-state index in [4.69, 9.17) is 4.74 Å². The minimum Gasteiger partial charge on any atom is -0.497 e. The number of carbonyl (C=O) groups excluding carboxylic acids is 1. The number of rotatable bonds is 7. The van der Waals surface area contributed by atoms with Crippen LogP contribution in [0.1, 0.15) is 24.3 Å². The number of nitrogens with one attached hydrogen (secondary N) is 1. The van der Waals surface area contributed by atoms with Crippen LogP contribution in [0.3, 0.4) is 0 Å². The molecular weight excluding hydrogens is 388 g/mol. The zero-order chi connectivity index (χ0) is 20.1. The summed E-state index contributed by atoms with van der Waals surface area (Å²) in [4.78, 5) is 19.3. The SMILES string of the molecule is COc1ccc(-c2nc(NC(=O)Cc3ccc(SC(C)C)cc3)sc2C)cc1. The second-order valence-corrected chi connectivity index (χ2v) is 9.54. The summed E-state index contributed by atoms with van der Waals surface area (Å²) in [6, 6.07) is 15.9. The van der Waals surface area contributed by atoms with E-state index in [1.165, 1.54) is 16.2 Å². The maximum Gasteiger partial charge on any atom is 0.230 e. The van der Waals surface area contributed by atoms with E-state index in [2.05, 4.69) is 36.3 Å². The highest BCUT2D eigenvalue weighted by Gasteiger charge is 2.13. The van der Waals surface area contributed by atoms with E-state index in [9.17, 15) is 4.79 Å². The molecule has 4 nitrogen and oxygen atoms in total. The number of thiazole rings is 1. The Bertz CT molecular complexity index is 932. The first-order chi connectivity index (χ1) is 13.4. The fourth-order valence-corrected chi connectivity index (χ4v) is 4.46. The first-order valence-electron chi connectivity index (χ1n) is 9.12. The summed E-state index contributed by atoms with van der Waals surface area (Å²) in [5.74, 6) is 0.752. The molecule has 2 aromatic carbocycles. The molecule has 6 heteroatoms. The minimum absolute atomic E-state index is 0.0562. The molecule has 3 aromatic rings. The van der Waals surface area contributed by atoms with Gasteiger partial charge in [0.05, 0.1) is 19.2 Å². The monoisotopic (exact) mass is 412 g/mol. The summed E-state index contributed by atoms with van der Waals surface area (Å²) in [7, 11) is 1.65. The molecule has 0 fully saturated rings. The summed E-state index contributed by atoms with van der Waals surface area (Å²) < 4.78 is 5.20. The van der Waals surface area contributed by atoms with Gasteiger partial charge in [0.25, 0.3) is 0 Å². The Kier molecular flexibility index (Phi) is 6.75. The third kappa shape index (κ3) is 5.36. The van der Waals surface area contributed by atoms with Crippen LogP contribution in [0.25, 0.3) is 11.3 Å². The summed E-state index contributed by atoms with van der Waals surface area (Å²) in [5.41, 5.74) is 2.89. The Morgan fingerprint density at radius 2 is 1.82 bits per heavy atom. The van der Waals surface area contributed by atoms with Gasteiger partial charge in [-0.3, -0.25) is 4.79 Å². The fraction of sp³-hybridized carbons (Fsp3) is 0.273. The third-order valence-electron chi connectivity index (χ3n) is 4.07. The molecule has 3 rings (SSSR count). The summed E-state index contributed by atoms with van der Waals surface area (Å²) in [6.45, 7) is 6.35. The van der Waals surface area contributed by atoms with Crippen LogP contribution in [0.2, 0.25) is 0 Å². The standard InChI is InChI=1S/C22H24N2O2S2/c1-14(2)27-19-11-5-16(6-12-19)13-20(25)23-22-24-21(15(3)28-22)17-7-9-18(26-4)10-8-17/h5-12,14H,13H2,1-4H3,(H,23,24,25). The maximum absolute atomic E-state index is 12.4. The van der Waals surface area contributed by atoms with Crippen molar-refractivity contribution in [3.8, 4) is 17.0 Å². The quantitative estimate of drug-likeness (QED) is 0.498. The first kappa shape index (κ1) is 20.4. The predicted octanol–water partition coefficient (Wildman–Crippen LogP) is 5.81. The van der Waals surface area contributed by atoms with Crippen molar-refractivity contribution in [2.24, 2.45) is 0 Å². The minimum atomic E-state index is -0.0562. The Morgan fingerprint density at radius 3 is 2.43 bits per heavy atom. The number of hydrogen-bond acceptors (Lipinski definition) is 5. The zero-order valence-corrected chi connectivity index (χ0v) is 18.1. The predicted molar refractivity (Wildman–Crippen MR) is 119 cm³/mol. The lowest BCUT2D eigenvalue weighted by Crippen LogP contribution is -2.14. The topological polar surface area (TPSA) is 51.2 Å². The molecule has 28 heavy (non-hydrogen) atoms. The molecule has 0 atom stereocenters. The van der Waals surface area contributed by atoms with Crippen LogP contribution < -0.4 is 10.1 Å². The first-order valence-corrected chi connectivity index (χ1v) is 10.8. The van der Waals surface area contributed by atoms with Crippen molar-refractivity contribution in [2.75, 3.05) is 12.4 Å². The van der Waals surface area contributed by atoms with Crippen LogP contribution in [0.4, 0.5) is 5.13 Å². The van der Waals surface area contributed by atoms with E-state index in [-0.39, 0.29) is 5.91 Å². The number of methoxy groups -OCH3 is 1. The maximum atomic E-state index is 12.4. The number of carbonyl (C=O) groups is 1. The Morgan fingerprint density at radius 1 is 1.14 bits per heavy atom. The van der Waals surface area contributed by atoms with Crippen molar-refractivity contribution in [1.29, 1.82) is 0 Å². The van der Waals surface area contributed by atoms with Crippen LogP contribution in [0, 0.1) is 6.92 Å². The van der Waals surface area contributed by atoms with Gasteiger partial charge in [-0.1, -0.05) is 26.0 Å². The van der Waals surface area contributed by atoms with E-state index in [0.717, 1.165) is 27.4 Å². The Balaban J connectivity index is 1.64. The number of benzene rings is 2. The van der Waals surface area contributed by atoms with E-state index >= 15 is 0 Å². The molecule has 0 bridgehead atoms. The molecule has 0 aliphatic rings.